The molecule has 0 bridgehead atoms. The quantitative estimate of drug-likeness (QED) is 0.816. The van der Waals surface area contributed by atoms with Crippen molar-refractivity contribution in [3.63, 3.8) is 0 Å². The van der Waals surface area contributed by atoms with Crippen LogP contribution in [0.3, 0.4) is 0 Å². The van der Waals surface area contributed by atoms with E-state index in [0.29, 0.717) is 19.5 Å². The maximum absolute atomic E-state index is 13.6. The van der Waals surface area contributed by atoms with Crippen LogP contribution in [-0.2, 0) is 6.42 Å². The third kappa shape index (κ3) is 2.59. The lowest BCUT2D eigenvalue weighted by molar-refractivity contribution is -0.0776. The van der Waals surface area contributed by atoms with Crippen molar-refractivity contribution in [3.05, 3.63) is 35.4 Å². The molecule has 1 aromatic rings. The van der Waals surface area contributed by atoms with Crippen molar-refractivity contribution < 1.29 is 8.78 Å². The van der Waals surface area contributed by atoms with Gasteiger partial charge in [0.05, 0.1) is 0 Å². The molecule has 1 unspecified atom stereocenters. The van der Waals surface area contributed by atoms with Gasteiger partial charge in [-0.3, -0.25) is 0 Å². The molecule has 1 heterocycles. The monoisotopic (exact) mass is 225 g/mol. The maximum atomic E-state index is 13.6. The van der Waals surface area contributed by atoms with Gasteiger partial charge in [-0.2, -0.15) is 0 Å². The molecule has 1 nitrogen and oxygen atoms in total. The predicted octanol–water partition coefficient (Wildman–Crippen LogP) is 2.78. The molecule has 88 valence electrons. The molecule has 2 rings (SSSR count). The Kier molecular flexibility index (Phi) is 3.24. The summed E-state index contributed by atoms with van der Waals surface area (Å²) in [5.74, 6) is -3.09. The van der Waals surface area contributed by atoms with E-state index in [1.807, 2.05) is 31.2 Å². The van der Waals surface area contributed by atoms with Gasteiger partial charge in [0, 0.05) is 25.4 Å². The van der Waals surface area contributed by atoms with Crippen LogP contribution in [0.2, 0.25) is 0 Å². The molecule has 0 spiro atoms. The molecule has 1 aliphatic rings. The Balaban J connectivity index is 2.08. The summed E-state index contributed by atoms with van der Waals surface area (Å²) < 4.78 is 27.2. The zero-order valence-corrected chi connectivity index (χ0v) is 9.47. The number of alkyl halides is 2. The molecule has 16 heavy (non-hydrogen) atoms. The van der Waals surface area contributed by atoms with E-state index in [-0.39, 0.29) is 6.42 Å². The van der Waals surface area contributed by atoms with Crippen molar-refractivity contribution >= 4 is 0 Å². The highest BCUT2D eigenvalue weighted by Crippen LogP contribution is 2.32. The molecule has 0 radical (unpaired) electrons. The minimum Gasteiger partial charge on any atom is -0.316 e. The number of hydrogen-bond donors (Lipinski definition) is 1. The zero-order chi connectivity index (χ0) is 11.6. The Labute approximate surface area is 94.9 Å². The molecule has 1 saturated heterocycles. The van der Waals surface area contributed by atoms with Crippen LogP contribution in [-0.4, -0.2) is 19.0 Å². The van der Waals surface area contributed by atoms with Crippen LogP contribution in [0.5, 0.6) is 0 Å². The van der Waals surface area contributed by atoms with E-state index >= 15 is 0 Å². The minimum atomic E-state index is -2.52. The van der Waals surface area contributed by atoms with Crippen molar-refractivity contribution in [1.82, 2.24) is 5.32 Å². The van der Waals surface area contributed by atoms with Gasteiger partial charge in [-0.1, -0.05) is 29.8 Å². The number of piperidine rings is 1. The standard InChI is InChI=1S/C13H17F2N/c1-10-3-2-4-11(7-10)8-12-9-16-6-5-13(12,14)15/h2-4,7,12,16H,5-6,8-9H2,1H3. The Morgan fingerprint density at radius 3 is 2.94 bits per heavy atom. The summed E-state index contributed by atoms with van der Waals surface area (Å²) >= 11 is 0. The SMILES string of the molecule is Cc1cccc(CC2CNCCC2(F)F)c1. The van der Waals surface area contributed by atoms with Crippen LogP contribution >= 0.6 is 0 Å². The van der Waals surface area contributed by atoms with E-state index in [2.05, 4.69) is 5.32 Å². The molecule has 1 aromatic carbocycles. The fourth-order valence-corrected chi connectivity index (χ4v) is 2.23. The average molecular weight is 225 g/mol. The summed E-state index contributed by atoms with van der Waals surface area (Å²) in [5, 5.41) is 3.05. The van der Waals surface area contributed by atoms with Crippen molar-refractivity contribution in [2.75, 3.05) is 13.1 Å². The number of benzene rings is 1. The first-order chi connectivity index (χ1) is 7.58. The van der Waals surface area contributed by atoms with Gasteiger partial charge in [-0.15, -0.1) is 0 Å². The molecule has 0 aliphatic carbocycles. The number of nitrogens with one attached hydrogen (secondary N) is 1. The highest BCUT2D eigenvalue weighted by atomic mass is 19.3. The first-order valence-electron chi connectivity index (χ1n) is 5.72. The lowest BCUT2D eigenvalue weighted by atomic mass is 9.88. The Morgan fingerprint density at radius 2 is 2.25 bits per heavy atom. The van der Waals surface area contributed by atoms with Crippen LogP contribution in [0.4, 0.5) is 8.78 Å². The van der Waals surface area contributed by atoms with Gasteiger partial charge in [-0.05, 0) is 18.9 Å². The van der Waals surface area contributed by atoms with Gasteiger partial charge in [0.2, 0.25) is 0 Å². The number of hydrogen-bond acceptors (Lipinski definition) is 1. The number of halogens is 2. The number of rotatable bonds is 2. The Hall–Kier alpha value is -0.960. The van der Waals surface area contributed by atoms with Crippen molar-refractivity contribution in [2.45, 2.75) is 25.7 Å². The summed E-state index contributed by atoms with van der Waals surface area (Å²) in [6, 6.07) is 7.84. The predicted molar refractivity (Wildman–Crippen MR) is 60.8 cm³/mol. The van der Waals surface area contributed by atoms with E-state index in [0.717, 1.165) is 11.1 Å². The molecule has 3 heteroatoms. The summed E-state index contributed by atoms with van der Waals surface area (Å²) in [7, 11) is 0. The van der Waals surface area contributed by atoms with Crippen molar-refractivity contribution in [2.24, 2.45) is 5.92 Å². The molecule has 1 aliphatic heterocycles. The fraction of sp³-hybridized carbons (Fsp3) is 0.538. The second-order valence-electron chi connectivity index (χ2n) is 4.61. The normalized spacial score (nSPS) is 24.3. The van der Waals surface area contributed by atoms with Gasteiger partial charge in [-0.25, -0.2) is 8.78 Å². The lowest BCUT2D eigenvalue weighted by Crippen LogP contribution is -2.45. The summed E-state index contributed by atoms with van der Waals surface area (Å²) in [6.07, 6.45) is 0.422. The van der Waals surface area contributed by atoms with Gasteiger partial charge in [0.1, 0.15) is 0 Å². The second-order valence-corrected chi connectivity index (χ2v) is 4.61. The summed E-state index contributed by atoms with van der Waals surface area (Å²) in [5.41, 5.74) is 2.14. The highest BCUT2D eigenvalue weighted by Gasteiger charge is 2.41. The smallest absolute Gasteiger partial charge is 0.253 e. The summed E-state index contributed by atoms with van der Waals surface area (Å²) in [4.78, 5) is 0. The minimum absolute atomic E-state index is 0.0382. The van der Waals surface area contributed by atoms with E-state index in [1.165, 1.54) is 0 Å². The van der Waals surface area contributed by atoms with Crippen molar-refractivity contribution in [1.29, 1.82) is 0 Å². The Morgan fingerprint density at radius 1 is 1.44 bits per heavy atom. The first-order valence-corrected chi connectivity index (χ1v) is 5.72. The average Bonchev–Trinajstić information content (AvgIpc) is 2.21. The van der Waals surface area contributed by atoms with Crippen LogP contribution in [0.15, 0.2) is 24.3 Å². The molecule has 1 N–H and O–H groups in total. The molecular weight excluding hydrogens is 208 g/mol. The maximum Gasteiger partial charge on any atom is 0.253 e. The van der Waals surface area contributed by atoms with Gasteiger partial charge >= 0.3 is 0 Å². The number of aryl methyl sites for hydroxylation is 1. The van der Waals surface area contributed by atoms with Gasteiger partial charge in [0.25, 0.3) is 5.92 Å². The third-order valence-electron chi connectivity index (χ3n) is 3.19. The molecule has 0 amide bonds. The van der Waals surface area contributed by atoms with E-state index < -0.39 is 11.8 Å². The molecular formula is C13H17F2N. The zero-order valence-electron chi connectivity index (χ0n) is 9.47. The van der Waals surface area contributed by atoms with E-state index in [4.69, 9.17) is 0 Å². The Bertz CT molecular complexity index is 363. The van der Waals surface area contributed by atoms with Gasteiger partial charge in [0.15, 0.2) is 0 Å². The van der Waals surface area contributed by atoms with Crippen LogP contribution in [0.25, 0.3) is 0 Å². The van der Waals surface area contributed by atoms with Crippen molar-refractivity contribution in [3.8, 4) is 0 Å². The topological polar surface area (TPSA) is 12.0 Å². The molecule has 0 aromatic heterocycles. The molecule has 0 saturated carbocycles. The van der Waals surface area contributed by atoms with Gasteiger partial charge < -0.3 is 5.32 Å². The second kappa shape index (κ2) is 4.50. The first kappa shape index (κ1) is 11.5. The largest absolute Gasteiger partial charge is 0.316 e. The van der Waals surface area contributed by atoms with E-state index in [1.54, 1.807) is 0 Å². The summed E-state index contributed by atoms with van der Waals surface area (Å²) in [6.45, 7) is 2.83. The third-order valence-corrected chi connectivity index (χ3v) is 3.19. The lowest BCUT2D eigenvalue weighted by Gasteiger charge is -2.32. The van der Waals surface area contributed by atoms with E-state index in [9.17, 15) is 8.78 Å². The molecule has 1 fully saturated rings. The van der Waals surface area contributed by atoms with Crippen LogP contribution in [0.1, 0.15) is 17.5 Å². The molecule has 1 atom stereocenters. The van der Waals surface area contributed by atoms with Crippen LogP contribution < -0.4 is 5.32 Å². The van der Waals surface area contributed by atoms with Crippen LogP contribution in [0, 0.1) is 12.8 Å². The highest BCUT2D eigenvalue weighted by molar-refractivity contribution is 5.23. The fourth-order valence-electron chi connectivity index (χ4n) is 2.23.